The van der Waals surface area contributed by atoms with Crippen LogP contribution >= 0.6 is 0 Å². The summed E-state index contributed by atoms with van der Waals surface area (Å²) in [5, 5.41) is 0. The van der Waals surface area contributed by atoms with Gasteiger partial charge in [0, 0.05) is 24.8 Å². The van der Waals surface area contributed by atoms with Crippen molar-refractivity contribution < 1.29 is 0 Å². The molecule has 0 aromatic rings. The van der Waals surface area contributed by atoms with Crippen LogP contribution < -0.4 is 0 Å². The van der Waals surface area contributed by atoms with Crippen LogP contribution in [0.1, 0.15) is 0 Å². The van der Waals surface area contributed by atoms with E-state index in [-0.39, 0.29) is 13.5 Å². The van der Waals surface area contributed by atoms with Crippen molar-refractivity contribution >= 4 is 25.7 Å². The van der Waals surface area contributed by atoms with E-state index in [1.54, 1.807) is 12.4 Å². The van der Waals surface area contributed by atoms with Crippen molar-refractivity contribution in [1.82, 2.24) is 9.62 Å². The molecular weight excluding hydrogens is 162 g/mol. The van der Waals surface area contributed by atoms with Gasteiger partial charge in [0.05, 0.1) is 0 Å². The van der Waals surface area contributed by atoms with Crippen molar-refractivity contribution in [1.29, 1.82) is 0 Å². The summed E-state index contributed by atoms with van der Waals surface area (Å²) in [4.78, 5) is 12.2. The van der Waals surface area contributed by atoms with E-state index in [2.05, 4.69) is 16.7 Å². The van der Waals surface area contributed by atoms with Crippen LogP contribution in [0.3, 0.4) is 0 Å². The van der Waals surface area contributed by atoms with Crippen LogP contribution in [0, 0.1) is 6.67 Å². The molecule has 60 valence electrons. The fourth-order valence-electron chi connectivity index (χ4n) is 1.68. The molecule has 0 N–H and O–H groups in total. The monoisotopic (exact) mass is 168 g/mol. The number of fused-ring (bicyclic) bond motifs is 3. The summed E-state index contributed by atoms with van der Waals surface area (Å²) in [5.74, 6) is 0. The summed E-state index contributed by atoms with van der Waals surface area (Å²) in [6.45, 7) is 3.70. The minimum Gasteiger partial charge on any atom is -0.391 e. The summed E-state index contributed by atoms with van der Waals surface area (Å²) in [6, 6.07) is 0. The van der Waals surface area contributed by atoms with Crippen LogP contribution in [0.25, 0.3) is 0 Å². The van der Waals surface area contributed by atoms with Gasteiger partial charge >= 0.3 is 0 Å². The molecule has 3 aliphatic rings. The lowest BCUT2D eigenvalue weighted by Gasteiger charge is -2.16. The molecule has 4 nitrogen and oxygen atoms in total. The van der Waals surface area contributed by atoms with Gasteiger partial charge in [0.25, 0.3) is 13.5 Å². The van der Waals surface area contributed by atoms with Crippen LogP contribution in [0.4, 0.5) is 0 Å². The van der Waals surface area contributed by atoms with Crippen LogP contribution in [0.15, 0.2) is 34.8 Å². The third kappa shape index (κ3) is 0.946. The quantitative estimate of drug-likeness (QED) is 0.470. The minimum absolute atomic E-state index is 0.249. The van der Waals surface area contributed by atoms with Crippen molar-refractivity contribution in [3.63, 3.8) is 0 Å². The van der Waals surface area contributed by atoms with Crippen molar-refractivity contribution in [2.75, 3.05) is 0 Å². The SMILES string of the molecule is [C]1N2C=CN=CB2B2C=NC=CN12. The van der Waals surface area contributed by atoms with Gasteiger partial charge in [-0.3, -0.25) is 9.98 Å². The van der Waals surface area contributed by atoms with E-state index < -0.39 is 0 Å². The molecule has 2 radical (unpaired) electrons. The van der Waals surface area contributed by atoms with Gasteiger partial charge in [-0.05, 0) is 12.2 Å². The van der Waals surface area contributed by atoms with Gasteiger partial charge in [0.15, 0.2) is 6.67 Å². The molecule has 1 saturated heterocycles. The Bertz CT molecular complexity index is 303. The third-order valence-corrected chi connectivity index (χ3v) is 2.33. The Morgan fingerprint density at radius 1 is 0.923 bits per heavy atom. The van der Waals surface area contributed by atoms with Gasteiger partial charge in [-0.2, -0.15) is 0 Å². The van der Waals surface area contributed by atoms with E-state index in [0.29, 0.717) is 0 Å². The Hall–Kier alpha value is -1.45. The molecule has 0 amide bonds. The van der Waals surface area contributed by atoms with Gasteiger partial charge < -0.3 is 9.62 Å². The van der Waals surface area contributed by atoms with Gasteiger partial charge in [-0.15, -0.1) is 0 Å². The highest BCUT2D eigenvalue weighted by Crippen LogP contribution is 2.20. The fraction of sp³-hybridized carbons (Fsp3) is 0. The highest BCUT2D eigenvalue weighted by Gasteiger charge is 2.45. The third-order valence-electron chi connectivity index (χ3n) is 2.33. The number of rotatable bonds is 0. The maximum Gasteiger partial charge on any atom is 0.299 e. The molecule has 0 aliphatic carbocycles. The zero-order valence-corrected chi connectivity index (χ0v) is 6.91. The highest BCUT2D eigenvalue weighted by molar-refractivity contribution is 7.40. The van der Waals surface area contributed by atoms with E-state index in [1.165, 1.54) is 0 Å². The predicted molar refractivity (Wildman–Crippen MR) is 53.7 cm³/mol. The molecule has 3 rings (SSSR count). The zero-order valence-electron chi connectivity index (χ0n) is 6.91. The van der Waals surface area contributed by atoms with Crippen molar-refractivity contribution in [3.05, 3.63) is 31.5 Å². The number of aliphatic imine (C=N–C) groups is 2. The first-order valence-corrected chi connectivity index (χ1v) is 4.18. The molecule has 0 aromatic heterocycles. The van der Waals surface area contributed by atoms with Gasteiger partial charge in [0.2, 0.25) is 0 Å². The molecule has 1 fully saturated rings. The molecule has 13 heavy (non-hydrogen) atoms. The zero-order chi connectivity index (χ0) is 8.67. The van der Waals surface area contributed by atoms with E-state index in [4.69, 9.17) is 0 Å². The van der Waals surface area contributed by atoms with Gasteiger partial charge in [0.1, 0.15) is 0 Å². The van der Waals surface area contributed by atoms with Crippen LogP contribution in [0.2, 0.25) is 0 Å². The molecule has 0 saturated carbocycles. The lowest BCUT2D eigenvalue weighted by atomic mass is 9.21. The summed E-state index contributed by atoms with van der Waals surface area (Å²) in [5.41, 5.74) is 0. The van der Waals surface area contributed by atoms with E-state index in [9.17, 15) is 0 Å². The average Bonchev–Trinajstić information content (AvgIpc) is 2.56. The lowest BCUT2D eigenvalue weighted by molar-refractivity contribution is 0.559. The maximum absolute atomic E-state index is 4.11. The highest BCUT2D eigenvalue weighted by atomic mass is 15.3. The normalized spacial score (nSPS) is 22.8. The van der Waals surface area contributed by atoms with Crippen LogP contribution in [-0.2, 0) is 0 Å². The predicted octanol–water partition coefficient (Wildman–Crippen LogP) is -0.149. The Morgan fingerprint density at radius 3 is 2.00 bits per heavy atom. The summed E-state index contributed by atoms with van der Waals surface area (Å²) < 4.78 is 0. The van der Waals surface area contributed by atoms with E-state index in [1.807, 2.05) is 34.2 Å². The Balaban J connectivity index is 1.95. The Labute approximate surface area is 77.5 Å². The van der Waals surface area contributed by atoms with E-state index in [0.717, 1.165) is 0 Å². The number of hydrogen-bond donors (Lipinski definition) is 0. The first-order valence-electron chi connectivity index (χ1n) is 4.18. The lowest BCUT2D eigenvalue weighted by Crippen LogP contribution is -2.48. The fourth-order valence-corrected chi connectivity index (χ4v) is 1.68. The first kappa shape index (κ1) is 7.00. The largest absolute Gasteiger partial charge is 0.391 e. The minimum atomic E-state index is 0.249. The molecule has 0 atom stereocenters. The Kier molecular flexibility index (Phi) is 1.36. The first-order chi connectivity index (χ1) is 6.45. The molecule has 0 aromatic carbocycles. The molecule has 3 aliphatic heterocycles. The standard InChI is InChI=1S/C7H6B2N4/c1-3-12-7-13-4-2-11-6-9(13)8(12)5-10-1/h1-6H. The molecule has 0 spiro atoms. The average molecular weight is 168 g/mol. The van der Waals surface area contributed by atoms with E-state index >= 15 is 0 Å². The van der Waals surface area contributed by atoms with Gasteiger partial charge in [-0.25, -0.2) is 0 Å². The second-order valence-corrected chi connectivity index (χ2v) is 3.09. The summed E-state index contributed by atoms with van der Waals surface area (Å²) in [6.07, 6.45) is 11.2. The van der Waals surface area contributed by atoms with Crippen LogP contribution in [-0.4, -0.2) is 35.3 Å². The second-order valence-electron chi connectivity index (χ2n) is 3.09. The van der Waals surface area contributed by atoms with Crippen LogP contribution in [0.5, 0.6) is 0 Å². The van der Waals surface area contributed by atoms with Gasteiger partial charge in [-0.1, -0.05) is 0 Å². The number of nitrogens with zero attached hydrogens (tertiary/aromatic N) is 4. The van der Waals surface area contributed by atoms with Crippen molar-refractivity contribution in [2.24, 2.45) is 9.98 Å². The molecule has 0 unspecified atom stereocenters. The Morgan fingerprint density at radius 2 is 1.46 bits per heavy atom. The molecule has 3 heterocycles. The number of hydrogen-bond acceptors (Lipinski definition) is 4. The van der Waals surface area contributed by atoms with Crippen molar-refractivity contribution in [3.8, 4) is 0 Å². The summed E-state index contributed by atoms with van der Waals surface area (Å²) in [7, 11) is 0. The second kappa shape index (κ2) is 2.52. The molecule has 0 bridgehead atoms. The smallest absolute Gasteiger partial charge is 0.299 e. The molecular formula is C7H6B2N4. The maximum atomic E-state index is 4.11. The topological polar surface area (TPSA) is 31.2 Å². The van der Waals surface area contributed by atoms with Crippen molar-refractivity contribution in [2.45, 2.75) is 0 Å². The molecule has 6 heteroatoms. The summed E-state index contributed by atoms with van der Waals surface area (Å²) >= 11 is 0.